The minimum absolute atomic E-state index is 0.0175. The Morgan fingerprint density at radius 3 is 2.12 bits per heavy atom. The van der Waals surface area contributed by atoms with Gasteiger partial charge in [0.05, 0.1) is 11.5 Å². The van der Waals surface area contributed by atoms with Crippen LogP contribution in [0.5, 0.6) is 0 Å². The van der Waals surface area contributed by atoms with Gasteiger partial charge in [-0.15, -0.1) is 0 Å². The molecule has 7 nitrogen and oxygen atoms in total. The predicted octanol–water partition coefficient (Wildman–Crippen LogP) is 3.90. The quantitative estimate of drug-likeness (QED) is 0.472. The molecular weight excluding hydrogens is 408 g/mol. The van der Waals surface area contributed by atoms with E-state index < -0.39 is 29.8 Å². The molecule has 0 bridgehead atoms. The van der Waals surface area contributed by atoms with E-state index in [4.69, 9.17) is 5.11 Å². The fraction of sp³-hybridized carbons (Fsp3) is 0.200. The zero-order valence-electron chi connectivity index (χ0n) is 17.6. The second-order valence-corrected chi connectivity index (χ2v) is 7.65. The van der Waals surface area contributed by atoms with Crippen molar-refractivity contribution in [1.82, 2.24) is 10.3 Å². The van der Waals surface area contributed by atoms with Gasteiger partial charge in [-0.2, -0.15) is 0 Å². The molecule has 164 valence electrons. The summed E-state index contributed by atoms with van der Waals surface area (Å²) in [6.07, 6.45) is 1.81. The van der Waals surface area contributed by atoms with Crippen LogP contribution in [0.1, 0.15) is 39.8 Å². The molecule has 1 heterocycles. The van der Waals surface area contributed by atoms with E-state index in [1.54, 1.807) is 6.92 Å². The number of carboxylic acids is 2. The van der Waals surface area contributed by atoms with Gasteiger partial charge in [-0.1, -0.05) is 61.5 Å². The molecular formula is C25H24N2O5. The van der Waals surface area contributed by atoms with E-state index >= 15 is 0 Å². The molecule has 0 aliphatic carbocycles. The lowest BCUT2D eigenvalue weighted by Crippen LogP contribution is -2.39. The fourth-order valence-electron chi connectivity index (χ4n) is 3.38. The highest BCUT2D eigenvalue weighted by atomic mass is 16.4. The number of carboxylic acid groups (broad SMARTS) is 2. The zero-order valence-corrected chi connectivity index (χ0v) is 17.6. The first-order valence-electron chi connectivity index (χ1n) is 10.2. The van der Waals surface area contributed by atoms with E-state index in [-0.39, 0.29) is 17.7 Å². The maximum absolute atomic E-state index is 12.6. The van der Waals surface area contributed by atoms with E-state index in [1.807, 2.05) is 54.6 Å². The van der Waals surface area contributed by atoms with Crippen molar-refractivity contribution in [3.8, 4) is 11.1 Å². The maximum Gasteiger partial charge on any atom is 0.337 e. The highest BCUT2D eigenvalue weighted by Crippen LogP contribution is 2.21. The number of pyridine rings is 1. The number of benzene rings is 2. The molecule has 0 fully saturated rings. The Hall–Kier alpha value is -4.00. The number of aromatic nitrogens is 1. The number of hydrogen-bond acceptors (Lipinski definition) is 4. The topological polar surface area (TPSA) is 117 Å². The number of nitrogens with zero attached hydrogens (tertiary/aromatic N) is 1. The molecule has 2 unspecified atom stereocenters. The smallest absolute Gasteiger partial charge is 0.337 e. The van der Waals surface area contributed by atoms with E-state index in [0.717, 1.165) is 22.9 Å². The van der Waals surface area contributed by atoms with E-state index in [0.29, 0.717) is 6.42 Å². The normalized spacial score (nSPS) is 12.5. The van der Waals surface area contributed by atoms with E-state index in [2.05, 4.69) is 10.3 Å². The summed E-state index contributed by atoms with van der Waals surface area (Å²) in [7, 11) is 0. The van der Waals surface area contributed by atoms with Gasteiger partial charge in [0, 0.05) is 12.2 Å². The number of aliphatic carboxylic acids is 1. The highest BCUT2D eigenvalue weighted by molar-refractivity contribution is 5.94. The van der Waals surface area contributed by atoms with Crippen LogP contribution in [0.25, 0.3) is 11.1 Å². The number of carbonyl (C=O) groups excluding carboxylic acids is 1. The van der Waals surface area contributed by atoms with Crippen LogP contribution >= 0.6 is 0 Å². The van der Waals surface area contributed by atoms with E-state index in [9.17, 15) is 19.5 Å². The van der Waals surface area contributed by atoms with Crippen molar-refractivity contribution >= 4 is 17.8 Å². The van der Waals surface area contributed by atoms with Gasteiger partial charge in [0.15, 0.2) is 0 Å². The minimum atomic E-state index is -1.13. The van der Waals surface area contributed by atoms with E-state index in [1.165, 1.54) is 12.1 Å². The van der Waals surface area contributed by atoms with Crippen molar-refractivity contribution in [2.24, 2.45) is 5.92 Å². The Balaban J connectivity index is 1.74. The van der Waals surface area contributed by atoms with Crippen LogP contribution in [0, 0.1) is 5.92 Å². The molecule has 7 heteroatoms. The number of amides is 1. The lowest BCUT2D eigenvalue weighted by atomic mass is 9.95. The molecule has 3 rings (SSSR count). The number of aromatic carboxylic acids is 1. The summed E-state index contributed by atoms with van der Waals surface area (Å²) in [4.78, 5) is 38.9. The second-order valence-electron chi connectivity index (χ2n) is 7.65. The summed E-state index contributed by atoms with van der Waals surface area (Å²) in [5, 5.41) is 21.1. The van der Waals surface area contributed by atoms with Crippen molar-refractivity contribution in [3.05, 3.63) is 89.7 Å². The third kappa shape index (κ3) is 6.01. The molecule has 1 aromatic heterocycles. The van der Waals surface area contributed by atoms with Gasteiger partial charge >= 0.3 is 11.9 Å². The zero-order chi connectivity index (χ0) is 23.1. The van der Waals surface area contributed by atoms with Crippen LogP contribution in [0.15, 0.2) is 72.9 Å². The summed E-state index contributed by atoms with van der Waals surface area (Å²) >= 11 is 0. The first kappa shape index (κ1) is 22.7. The molecule has 0 spiro atoms. The summed E-state index contributed by atoms with van der Waals surface area (Å²) < 4.78 is 0. The first-order chi connectivity index (χ1) is 15.3. The summed E-state index contributed by atoms with van der Waals surface area (Å²) in [6, 6.07) is 20.1. The van der Waals surface area contributed by atoms with Gasteiger partial charge in [0.25, 0.3) is 5.91 Å². The van der Waals surface area contributed by atoms with Gasteiger partial charge in [0.1, 0.15) is 5.69 Å². The van der Waals surface area contributed by atoms with Crippen molar-refractivity contribution < 1.29 is 24.6 Å². The van der Waals surface area contributed by atoms with Crippen molar-refractivity contribution in [2.75, 3.05) is 0 Å². The van der Waals surface area contributed by atoms with Gasteiger partial charge < -0.3 is 15.5 Å². The first-order valence-corrected chi connectivity index (χ1v) is 10.2. The Morgan fingerprint density at radius 2 is 1.56 bits per heavy atom. The monoisotopic (exact) mass is 432 g/mol. The van der Waals surface area contributed by atoms with Crippen LogP contribution < -0.4 is 5.32 Å². The highest BCUT2D eigenvalue weighted by Gasteiger charge is 2.22. The Bertz CT molecular complexity index is 1080. The molecule has 3 aromatic rings. The molecule has 32 heavy (non-hydrogen) atoms. The largest absolute Gasteiger partial charge is 0.481 e. The van der Waals surface area contributed by atoms with Gasteiger partial charge in [0.2, 0.25) is 0 Å². The average molecular weight is 432 g/mol. The molecule has 2 atom stereocenters. The van der Waals surface area contributed by atoms with Crippen molar-refractivity contribution in [2.45, 2.75) is 25.8 Å². The Labute approximate surface area is 185 Å². The third-order valence-corrected chi connectivity index (χ3v) is 5.18. The van der Waals surface area contributed by atoms with Gasteiger partial charge in [-0.05, 0) is 41.7 Å². The van der Waals surface area contributed by atoms with Crippen LogP contribution in [0.2, 0.25) is 0 Å². The third-order valence-electron chi connectivity index (χ3n) is 5.18. The van der Waals surface area contributed by atoms with Crippen LogP contribution in [-0.2, 0) is 11.2 Å². The number of carbonyl (C=O) groups is 3. The second kappa shape index (κ2) is 10.3. The lowest BCUT2D eigenvalue weighted by Gasteiger charge is -2.21. The number of nitrogens with one attached hydrogen (secondary N) is 1. The van der Waals surface area contributed by atoms with Crippen LogP contribution in [0.4, 0.5) is 0 Å². The summed E-state index contributed by atoms with van der Waals surface area (Å²) in [6.45, 7) is 1.60. The Kier molecular flexibility index (Phi) is 7.33. The molecule has 0 radical (unpaired) electrons. The van der Waals surface area contributed by atoms with Crippen LogP contribution in [0.3, 0.4) is 0 Å². The Morgan fingerprint density at radius 1 is 0.906 bits per heavy atom. The molecule has 0 aliphatic rings. The number of rotatable bonds is 9. The SMILES string of the molecule is CC(CC(Cc1ccc(-c2ccccc2)cc1)NC(=O)c1ccc(C(=O)O)cn1)C(=O)O. The molecule has 2 aromatic carbocycles. The predicted molar refractivity (Wildman–Crippen MR) is 119 cm³/mol. The molecule has 1 amide bonds. The molecule has 0 saturated carbocycles. The standard InChI is InChI=1S/C25H24N2O5/c1-16(24(29)30)13-21(27-23(28)22-12-11-20(15-26-22)25(31)32)14-17-7-9-19(10-8-17)18-5-3-2-4-6-18/h2-12,15-16,21H,13-14H2,1H3,(H,27,28)(H,29,30)(H,31,32). The summed E-state index contributed by atoms with van der Waals surface area (Å²) in [5.41, 5.74) is 3.18. The van der Waals surface area contributed by atoms with Crippen molar-refractivity contribution in [1.29, 1.82) is 0 Å². The van der Waals surface area contributed by atoms with Crippen LogP contribution in [-0.4, -0.2) is 39.1 Å². The molecule has 3 N–H and O–H groups in total. The lowest BCUT2D eigenvalue weighted by molar-refractivity contribution is -0.141. The minimum Gasteiger partial charge on any atom is -0.481 e. The van der Waals surface area contributed by atoms with Gasteiger partial charge in [-0.25, -0.2) is 4.79 Å². The number of hydrogen-bond donors (Lipinski definition) is 3. The molecule has 0 saturated heterocycles. The maximum atomic E-state index is 12.6. The average Bonchev–Trinajstić information content (AvgIpc) is 2.80. The fourth-order valence-corrected chi connectivity index (χ4v) is 3.38. The molecule has 0 aliphatic heterocycles. The van der Waals surface area contributed by atoms with Crippen molar-refractivity contribution in [3.63, 3.8) is 0 Å². The van der Waals surface area contributed by atoms with Gasteiger partial charge in [-0.3, -0.25) is 14.6 Å². The summed E-state index contributed by atoms with van der Waals surface area (Å²) in [5.74, 6) is -3.19.